The molecule has 2 heterocycles. The molecule has 5 rings (SSSR count). The normalized spacial score (nSPS) is 21.3. The molecule has 2 aliphatic rings. The van der Waals surface area contributed by atoms with Gasteiger partial charge >= 0.3 is 5.97 Å². The van der Waals surface area contributed by atoms with Crippen molar-refractivity contribution in [3.05, 3.63) is 46.5 Å². The maximum absolute atomic E-state index is 11.6. The Balaban J connectivity index is 1.59. The summed E-state index contributed by atoms with van der Waals surface area (Å²) in [6.45, 7) is 4.16. The van der Waals surface area contributed by atoms with Crippen molar-refractivity contribution in [1.29, 1.82) is 0 Å². The summed E-state index contributed by atoms with van der Waals surface area (Å²) in [6, 6.07) is 9.75. The number of carboxylic acid groups (broad SMARTS) is 1. The van der Waals surface area contributed by atoms with Crippen molar-refractivity contribution >= 4 is 44.3 Å². The molecule has 0 amide bonds. The molecule has 4 nitrogen and oxygen atoms in total. The van der Waals surface area contributed by atoms with Gasteiger partial charge in [-0.2, -0.15) is 0 Å². The van der Waals surface area contributed by atoms with Crippen LogP contribution in [-0.4, -0.2) is 29.1 Å². The first-order valence-corrected chi connectivity index (χ1v) is 12.3. The Hall–Kier alpha value is -2.11. The summed E-state index contributed by atoms with van der Waals surface area (Å²) in [7, 11) is 0. The molecule has 3 aromatic rings. The van der Waals surface area contributed by atoms with Crippen molar-refractivity contribution in [1.82, 2.24) is 4.98 Å². The highest BCUT2D eigenvalue weighted by Gasteiger charge is 2.32. The molecule has 1 saturated heterocycles. The zero-order valence-corrected chi connectivity index (χ0v) is 19.3. The van der Waals surface area contributed by atoms with E-state index in [9.17, 15) is 9.90 Å². The van der Waals surface area contributed by atoms with Crippen LogP contribution >= 0.6 is 22.9 Å². The largest absolute Gasteiger partial charge is 0.481 e. The fourth-order valence-corrected chi connectivity index (χ4v) is 6.73. The van der Waals surface area contributed by atoms with Crippen LogP contribution in [0.15, 0.2) is 30.3 Å². The van der Waals surface area contributed by atoms with Crippen LogP contribution < -0.4 is 4.90 Å². The number of thiazole rings is 1. The molecule has 1 saturated carbocycles. The maximum Gasteiger partial charge on any atom is 0.307 e. The molecule has 2 atom stereocenters. The summed E-state index contributed by atoms with van der Waals surface area (Å²) in [5.74, 6) is 0.852. The number of nitrogens with zero attached hydrogens (tertiary/aromatic N) is 2. The van der Waals surface area contributed by atoms with Crippen molar-refractivity contribution in [2.75, 3.05) is 18.0 Å². The zero-order valence-electron chi connectivity index (χ0n) is 17.7. The number of aryl methyl sites for hydroxylation is 1. The Bertz CT molecular complexity index is 1120. The van der Waals surface area contributed by atoms with Crippen molar-refractivity contribution in [2.45, 2.75) is 45.4 Å². The maximum atomic E-state index is 11.6. The lowest BCUT2D eigenvalue weighted by atomic mass is 9.75. The number of rotatable bonds is 4. The average Bonchev–Trinajstić information content (AvgIpc) is 3.18. The van der Waals surface area contributed by atoms with Crippen LogP contribution in [0.1, 0.15) is 43.2 Å². The van der Waals surface area contributed by atoms with Gasteiger partial charge in [-0.1, -0.05) is 54.3 Å². The van der Waals surface area contributed by atoms with Crippen LogP contribution in [0.2, 0.25) is 5.02 Å². The van der Waals surface area contributed by atoms with E-state index in [0.717, 1.165) is 62.5 Å². The summed E-state index contributed by atoms with van der Waals surface area (Å²) in [5, 5.41) is 11.3. The highest BCUT2D eigenvalue weighted by Crippen LogP contribution is 2.43. The minimum Gasteiger partial charge on any atom is -0.481 e. The Morgan fingerprint density at radius 2 is 1.94 bits per heavy atom. The fraction of sp³-hybridized carbons (Fsp3) is 0.440. The van der Waals surface area contributed by atoms with Gasteiger partial charge in [-0.3, -0.25) is 4.79 Å². The number of fused-ring (bicyclic) bond motifs is 2. The Kier molecular flexibility index (Phi) is 5.65. The summed E-state index contributed by atoms with van der Waals surface area (Å²) < 4.78 is 1.07. The minimum absolute atomic E-state index is 0.000431. The minimum atomic E-state index is -0.818. The molecule has 2 unspecified atom stereocenters. The average molecular weight is 455 g/mol. The number of aromatic nitrogens is 1. The number of hydrogen-bond acceptors (Lipinski definition) is 4. The number of anilines is 1. The van der Waals surface area contributed by atoms with Gasteiger partial charge in [0.15, 0.2) is 5.13 Å². The quantitative estimate of drug-likeness (QED) is 0.484. The Morgan fingerprint density at radius 3 is 2.68 bits per heavy atom. The lowest BCUT2D eigenvalue weighted by Gasteiger charge is -2.41. The predicted molar refractivity (Wildman–Crippen MR) is 128 cm³/mol. The van der Waals surface area contributed by atoms with E-state index in [1.165, 1.54) is 32.1 Å². The number of aliphatic carboxylic acids is 1. The monoisotopic (exact) mass is 454 g/mol. The topological polar surface area (TPSA) is 53.4 Å². The summed E-state index contributed by atoms with van der Waals surface area (Å²) in [5.41, 5.74) is 4.79. The van der Waals surface area contributed by atoms with E-state index in [0.29, 0.717) is 5.02 Å². The second-order valence-corrected chi connectivity index (χ2v) is 10.4. The number of piperidine rings is 1. The van der Waals surface area contributed by atoms with Gasteiger partial charge < -0.3 is 10.0 Å². The molecule has 6 heteroatoms. The molecule has 1 aliphatic heterocycles. The smallest absolute Gasteiger partial charge is 0.307 e. The Morgan fingerprint density at radius 1 is 1.19 bits per heavy atom. The molecule has 2 aromatic carbocycles. The molecule has 1 N–H and O–H groups in total. The number of halogens is 1. The van der Waals surface area contributed by atoms with E-state index in [4.69, 9.17) is 16.6 Å². The molecule has 162 valence electrons. The molecule has 1 aliphatic carbocycles. The third kappa shape index (κ3) is 4.06. The molecule has 0 bridgehead atoms. The van der Waals surface area contributed by atoms with Crippen LogP contribution in [0.4, 0.5) is 5.13 Å². The molecular weight excluding hydrogens is 428 g/mol. The van der Waals surface area contributed by atoms with E-state index in [-0.39, 0.29) is 6.42 Å². The highest BCUT2D eigenvalue weighted by atomic mass is 35.5. The van der Waals surface area contributed by atoms with Crippen molar-refractivity contribution in [2.24, 2.45) is 11.8 Å². The molecular formula is C25H27ClN2O2S. The van der Waals surface area contributed by atoms with Crippen LogP contribution in [-0.2, 0) is 11.2 Å². The van der Waals surface area contributed by atoms with Crippen LogP contribution in [0.5, 0.6) is 0 Å². The first-order valence-electron chi connectivity index (χ1n) is 11.2. The SMILES string of the molecule is Cc1cc2nc(N3CCC4CCCCC4C3)sc2c(-c2ccc(Cl)cc2)c1CC(=O)O. The van der Waals surface area contributed by atoms with Crippen LogP contribution in [0, 0.1) is 18.8 Å². The van der Waals surface area contributed by atoms with E-state index in [2.05, 4.69) is 11.0 Å². The van der Waals surface area contributed by atoms with Crippen LogP contribution in [0.3, 0.4) is 0 Å². The second-order valence-electron chi connectivity index (χ2n) is 9.01. The molecule has 2 fully saturated rings. The molecule has 0 radical (unpaired) electrons. The second kappa shape index (κ2) is 8.44. The van der Waals surface area contributed by atoms with Crippen molar-refractivity contribution in [3.63, 3.8) is 0 Å². The van der Waals surface area contributed by atoms with Gasteiger partial charge in [0.1, 0.15) is 0 Å². The molecule has 0 spiro atoms. The van der Waals surface area contributed by atoms with Gasteiger partial charge in [0, 0.05) is 23.7 Å². The van der Waals surface area contributed by atoms with Crippen LogP contribution in [0.25, 0.3) is 21.3 Å². The third-order valence-corrected chi connectivity index (χ3v) is 8.42. The van der Waals surface area contributed by atoms with Gasteiger partial charge in [-0.05, 0) is 66.5 Å². The number of carboxylic acids is 1. The predicted octanol–water partition coefficient (Wildman–Crippen LogP) is 6.57. The van der Waals surface area contributed by atoms with E-state index >= 15 is 0 Å². The number of carbonyl (C=O) groups is 1. The highest BCUT2D eigenvalue weighted by molar-refractivity contribution is 7.22. The van der Waals surface area contributed by atoms with Gasteiger partial charge in [-0.15, -0.1) is 0 Å². The summed E-state index contributed by atoms with van der Waals surface area (Å²) >= 11 is 7.83. The molecule has 31 heavy (non-hydrogen) atoms. The third-order valence-electron chi connectivity index (χ3n) is 7.02. The van der Waals surface area contributed by atoms with Crippen molar-refractivity contribution in [3.8, 4) is 11.1 Å². The Labute approximate surface area is 191 Å². The zero-order chi connectivity index (χ0) is 21.5. The molecule has 1 aromatic heterocycles. The van der Waals surface area contributed by atoms with Gasteiger partial charge in [0.2, 0.25) is 0 Å². The van der Waals surface area contributed by atoms with Gasteiger partial charge in [0.25, 0.3) is 0 Å². The number of benzene rings is 2. The van der Waals surface area contributed by atoms with Crippen molar-refractivity contribution < 1.29 is 9.90 Å². The summed E-state index contributed by atoms with van der Waals surface area (Å²) in [6.07, 6.45) is 6.72. The fourth-order valence-electron chi connectivity index (χ4n) is 5.43. The standard InChI is InChI=1S/C25H27ClN2O2S/c1-15-12-21-24(23(20(15)13-22(29)30)17-6-8-19(26)9-7-17)31-25(27-21)28-11-10-16-4-2-3-5-18(16)14-28/h6-9,12,16,18H,2-5,10-11,13-14H2,1H3,(H,29,30). The van der Waals surface area contributed by atoms with E-state index in [1.54, 1.807) is 11.3 Å². The lowest BCUT2D eigenvalue weighted by Crippen LogP contribution is -2.41. The first kappa shape index (κ1) is 20.8. The van der Waals surface area contributed by atoms with E-state index in [1.807, 2.05) is 31.2 Å². The summed E-state index contributed by atoms with van der Waals surface area (Å²) in [4.78, 5) is 19.1. The first-order chi connectivity index (χ1) is 15.0. The van der Waals surface area contributed by atoms with Gasteiger partial charge in [-0.25, -0.2) is 4.98 Å². The van der Waals surface area contributed by atoms with E-state index < -0.39 is 5.97 Å². The van der Waals surface area contributed by atoms with Gasteiger partial charge in [0.05, 0.1) is 16.6 Å². The number of hydrogen-bond donors (Lipinski definition) is 1. The lowest BCUT2D eigenvalue weighted by molar-refractivity contribution is -0.136.